The van der Waals surface area contributed by atoms with Crippen molar-refractivity contribution in [1.29, 1.82) is 0 Å². The van der Waals surface area contributed by atoms with E-state index in [1.807, 2.05) is 12.1 Å². The highest BCUT2D eigenvalue weighted by molar-refractivity contribution is 6.46. The lowest BCUT2D eigenvalue weighted by Crippen LogP contribution is -2.38. The summed E-state index contributed by atoms with van der Waals surface area (Å²) in [5, 5.41) is 11.5. The van der Waals surface area contributed by atoms with Crippen molar-refractivity contribution in [3.8, 4) is 5.75 Å². The molecule has 34 heavy (non-hydrogen) atoms. The van der Waals surface area contributed by atoms with Crippen LogP contribution in [0.4, 0.5) is 0 Å². The predicted octanol–water partition coefficient (Wildman–Crippen LogP) is 4.15. The molecule has 2 aromatic rings. The number of benzene rings is 1. The number of hydrogen-bond donors (Lipinski definition) is 1. The molecule has 2 heterocycles. The Morgan fingerprint density at radius 1 is 1.12 bits per heavy atom. The molecule has 0 aliphatic carbocycles. The number of likely N-dealkylation sites (tertiary alicyclic amines) is 1. The van der Waals surface area contributed by atoms with Gasteiger partial charge in [0.15, 0.2) is 0 Å². The number of aromatic nitrogens is 1. The molecule has 7 nitrogen and oxygen atoms in total. The quantitative estimate of drug-likeness (QED) is 0.358. The Morgan fingerprint density at radius 2 is 1.76 bits per heavy atom. The number of carbonyl (C=O) groups is 2. The topological polar surface area (TPSA) is 83.0 Å². The molecular formula is C27H35N3O4. The van der Waals surface area contributed by atoms with Crippen LogP contribution < -0.4 is 4.74 Å². The molecule has 1 atom stereocenters. The van der Waals surface area contributed by atoms with E-state index in [0.717, 1.165) is 24.2 Å². The van der Waals surface area contributed by atoms with Crippen LogP contribution in [0.2, 0.25) is 0 Å². The molecule has 7 heteroatoms. The van der Waals surface area contributed by atoms with Crippen molar-refractivity contribution in [3.63, 3.8) is 0 Å². The second-order valence-corrected chi connectivity index (χ2v) is 9.46. The summed E-state index contributed by atoms with van der Waals surface area (Å²) in [6.07, 6.45) is 3.25. The molecule has 1 unspecified atom stereocenters. The normalized spacial score (nSPS) is 18.1. The predicted molar refractivity (Wildman–Crippen MR) is 133 cm³/mol. The van der Waals surface area contributed by atoms with Crippen LogP contribution in [0.1, 0.15) is 57.4 Å². The lowest BCUT2D eigenvalue weighted by molar-refractivity contribution is -0.140. The number of pyridine rings is 1. The van der Waals surface area contributed by atoms with Gasteiger partial charge >= 0.3 is 0 Å². The Bertz CT molecular complexity index is 1070. The summed E-state index contributed by atoms with van der Waals surface area (Å²) in [4.78, 5) is 34.3. The van der Waals surface area contributed by atoms with Crippen LogP contribution in [-0.2, 0) is 15.0 Å². The summed E-state index contributed by atoms with van der Waals surface area (Å²) in [6, 6.07) is 8.41. The van der Waals surface area contributed by atoms with Gasteiger partial charge in [0, 0.05) is 25.5 Å². The number of aliphatic hydroxyl groups excluding tert-OH is 1. The van der Waals surface area contributed by atoms with Gasteiger partial charge < -0.3 is 19.6 Å². The highest BCUT2D eigenvalue weighted by atomic mass is 16.5. The van der Waals surface area contributed by atoms with Crippen LogP contribution >= 0.6 is 0 Å². The summed E-state index contributed by atoms with van der Waals surface area (Å²) in [7, 11) is 1.52. The van der Waals surface area contributed by atoms with E-state index in [1.54, 1.807) is 35.5 Å². The van der Waals surface area contributed by atoms with E-state index in [1.165, 1.54) is 7.11 Å². The van der Waals surface area contributed by atoms with E-state index in [-0.39, 0.29) is 16.7 Å². The second kappa shape index (κ2) is 10.4. The van der Waals surface area contributed by atoms with Crippen molar-refractivity contribution in [1.82, 2.24) is 14.8 Å². The van der Waals surface area contributed by atoms with Crippen molar-refractivity contribution in [3.05, 3.63) is 65.0 Å². The van der Waals surface area contributed by atoms with Crippen molar-refractivity contribution < 1.29 is 19.4 Å². The molecule has 182 valence electrons. The van der Waals surface area contributed by atoms with Crippen LogP contribution in [0.15, 0.2) is 48.3 Å². The zero-order valence-electron chi connectivity index (χ0n) is 21.0. The van der Waals surface area contributed by atoms with Gasteiger partial charge in [0.25, 0.3) is 11.7 Å². The summed E-state index contributed by atoms with van der Waals surface area (Å²) in [5.41, 5.74) is 1.99. The fraction of sp³-hybridized carbons (Fsp3) is 0.444. The average Bonchev–Trinajstić information content (AvgIpc) is 3.08. The number of ketones is 1. The number of aliphatic hydroxyl groups is 1. The smallest absolute Gasteiger partial charge is 0.295 e. The van der Waals surface area contributed by atoms with Gasteiger partial charge in [-0.05, 0) is 53.9 Å². The van der Waals surface area contributed by atoms with Crippen LogP contribution in [0.3, 0.4) is 0 Å². The molecule has 0 spiro atoms. The first kappa shape index (κ1) is 25.4. The molecule has 1 saturated heterocycles. The van der Waals surface area contributed by atoms with Crippen molar-refractivity contribution in [2.24, 2.45) is 0 Å². The number of hydrogen-bond acceptors (Lipinski definition) is 6. The SMILES string of the molecule is CCN(CC)CCN1C(=O)C(=O)/C(=C(/O)c2cc(C(C)(C)C)ccc2OC)C1c1ccncc1. The number of carbonyl (C=O) groups excluding carboxylic acids is 2. The van der Waals surface area contributed by atoms with Gasteiger partial charge in [-0.2, -0.15) is 0 Å². The molecule has 1 aliphatic heterocycles. The van der Waals surface area contributed by atoms with Crippen molar-refractivity contribution in [2.75, 3.05) is 33.3 Å². The standard InChI is InChI=1S/C27H35N3O4/c1-7-29(8-2)15-16-30-23(18-11-13-28-14-12-18)22(25(32)26(30)33)24(31)20-17-19(27(3,4)5)9-10-21(20)34-6/h9-14,17,23,31H,7-8,15-16H2,1-6H3/b24-22+. The minimum atomic E-state index is -0.707. The second-order valence-electron chi connectivity index (χ2n) is 9.46. The van der Waals surface area contributed by atoms with Crippen LogP contribution in [0.5, 0.6) is 5.75 Å². The van der Waals surface area contributed by atoms with Gasteiger partial charge in [0.1, 0.15) is 11.5 Å². The highest BCUT2D eigenvalue weighted by Crippen LogP contribution is 2.41. The number of amides is 1. The zero-order valence-corrected chi connectivity index (χ0v) is 21.0. The van der Waals surface area contributed by atoms with Gasteiger partial charge in [0.05, 0.1) is 24.3 Å². The maximum atomic E-state index is 13.3. The maximum absolute atomic E-state index is 13.3. The third-order valence-electron chi connectivity index (χ3n) is 6.43. The molecule has 1 fully saturated rings. The largest absolute Gasteiger partial charge is 0.507 e. The van der Waals surface area contributed by atoms with Crippen LogP contribution in [0, 0.1) is 0 Å². The molecule has 1 N–H and O–H groups in total. The monoisotopic (exact) mass is 465 g/mol. The minimum absolute atomic E-state index is 0.0695. The van der Waals surface area contributed by atoms with E-state index in [0.29, 0.717) is 24.4 Å². The number of rotatable bonds is 8. The lowest BCUT2D eigenvalue weighted by atomic mass is 9.85. The van der Waals surface area contributed by atoms with Gasteiger partial charge in [-0.1, -0.05) is 40.7 Å². The summed E-state index contributed by atoms with van der Waals surface area (Å²) < 4.78 is 5.51. The molecule has 0 radical (unpaired) electrons. The third-order valence-corrected chi connectivity index (χ3v) is 6.43. The fourth-order valence-corrected chi connectivity index (χ4v) is 4.30. The first-order chi connectivity index (χ1) is 16.1. The number of ether oxygens (including phenoxy) is 1. The van der Waals surface area contributed by atoms with E-state index in [2.05, 4.69) is 44.5 Å². The van der Waals surface area contributed by atoms with E-state index in [9.17, 15) is 14.7 Å². The molecule has 1 aromatic heterocycles. The number of likely N-dealkylation sites (N-methyl/N-ethyl adjacent to an activating group) is 1. The summed E-state index contributed by atoms with van der Waals surface area (Å²) in [6.45, 7) is 13.0. The van der Waals surface area contributed by atoms with Crippen LogP contribution in [-0.4, -0.2) is 64.9 Å². The molecule has 1 aliphatic rings. The first-order valence-electron chi connectivity index (χ1n) is 11.7. The summed E-state index contributed by atoms with van der Waals surface area (Å²) in [5.74, 6) is -1.09. The molecule has 3 rings (SSSR count). The Labute approximate surface area is 202 Å². The Balaban J connectivity index is 2.18. The zero-order chi connectivity index (χ0) is 25.0. The molecule has 1 aromatic carbocycles. The van der Waals surface area contributed by atoms with Crippen molar-refractivity contribution in [2.45, 2.75) is 46.1 Å². The average molecular weight is 466 g/mol. The number of Topliss-reactive ketones (excluding diaryl/α,β-unsaturated/α-hetero) is 1. The Morgan fingerprint density at radius 3 is 2.32 bits per heavy atom. The Kier molecular flexibility index (Phi) is 7.77. The van der Waals surface area contributed by atoms with Gasteiger partial charge in [0.2, 0.25) is 0 Å². The molecular weight excluding hydrogens is 430 g/mol. The van der Waals surface area contributed by atoms with Crippen LogP contribution in [0.25, 0.3) is 5.76 Å². The van der Waals surface area contributed by atoms with Gasteiger partial charge in [-0.3, -0.25) is 14.6 Å². The first-order valence-corrected chi connectivity index (χ1v) is 11.7. The van der Waals surface area contributed by atoms with Crippen molar-refractivity contribution >= 4 is 17.4 Å². The van der Waals surface area contributed by atoms with E-state index < -0.39 is 17.7 Å². The number of nitrogens with zero attached hydrogens (tertiary/aromatic N) is 3. The minimum Gasteiger partial charge on any atom is -0.507 e. The highest BCUT2D eigenvalue weighted by Gasteiger charge is 2.46. The lowest BCUT2D eigenvalue weighted by Gasteiger charge is -2.28. The molecule has 1 amide bonds. The maximum Gasteiger partial charge on any atom is 0.295 e. The van der Waals surface area contributed by atoms with E-state index in [4.69, 9.17) is 4.74 Å². The molecule has 0 saturated carbocycles. The molecule has 0 bridgehead atoms. The Hall–Kier alpha value is -3.19. The van der Waals surface area contributed by atoms with Gasteiger partial charge in [-0.25, -0.2) is 0 Å². The van der Waals surface area contributed by atoms with E-state index >= 15 is 0 Å². The van der Waals surface area contributed by atoms with Gasteiger partial charge in [-0.15, -0.1) is 0 Å². The number of methoxy groups -OCH3 is 1. The fourth-order valence-electron chi connectivity index (χ4n) is 4.30. The third kappa shape index (κ3) is 4.99. The summed E-state index contributed by atoms with van der Waals surface area (Å²) >= 11 is 0.